The maximum Gasteiger partial charge on any atom is 0.252 e. The van der Waals surface area contributed by atoms with Gasteiger partial charge in [-0.05, 0) is 25.0 Å². The minimum Gasteiger partial charge on any atom is -0.377 e. The lowest BCUT2D eigenvalue weighted by Gasteiger charge is -2.14. The van der Waals surface area contributed by atoms with Gasteiger partial charge in [0.1, 0.15) is 0 Å². The Hall–Kier alpha value is -1.46. The molecule has 1 aromatic carbocycles. The van der Waals surface area contributed by atoms with E-state index in [1.54, 1.807) is 18.2 Å². The smallest absolute Gasteiger partial charge is 0.252 e. The first-order valence-corrected chi connectivity index (χ1v) is 8.55. The maximum absolute atomic E-state index is 12.2. The van der Waals surface area contributed by atoms with Crippen molar-refractivity contribution in [3.05, 3.63) is 41.5 Å². The van der Waals surface area contributed by atoms with Crippen molar-refractivity contribution in [1.82, 2.24) is 5.32 Å². The van der Waals surface area contributed by atoms with Crippen molar-refractivity contribution < 1.29 is 13.7 Å². The fourth-order valence-corrected chi connectivity index (χ4v) is 3.18. The zero-order valence-electron chi connectivity index (χ0n) is 12.3. The van der Waals surface area contributed by atoms with Gasteiger partial charge in [0.15, 0.2) is 0 Å². The summed E-state index contributed by atoms with van der Waals surface area (Å²) in [6.45, 7) is 3.87. The van der Waals surface area contributed by atoms with Crippen LogP contribution in [0.5, 0.6) is 0 Å². The van der Waals surface area contributed by atoms with Gasteiger partial charge in [0.2, 0.25) is 0 Å². The highest BCUT2D eigenvalue weighted by atomic mass is 32.2. The first kappa shape index (κ1) is 15.9. The van der Waals surface area contributed by atoms with E-state index in [1.807, 2.05) is 13.0 Å². The fraction of sp³-hybridized carbons (Fsp3) is 0.438. The van der Waals surface area contributed by atoms with Gasteiger partial charge in [-0.15, -0.1) is 0 Å². The van der Waals surface area contributed by atoms with Crippen LogP contribution in [-0.2, 0) is 15.5 Å². The van der Waals surface area contributed by atoms with Gasteiger partial charge in [-0.2, -0.15) is 0 Å². The molecule has 0 fully saturated rings. The van der Waals surface area contributed by atoms with Crippen LogP contribution in [0.4, 0.5) is 0 Å². The third-order valence-electron chi connectivity index (χ3n) is 3.43. The first-order chi connectivity index (χ1) is 10.2. The summed E-state index contributed by atoms with van der Waals surface area (Å²) in [4.78, 5) is 12.9. The third kappa shape index (κ3) is 4.51. The number of hydrogen-bond donors (Lipinski definition) is 1. The highest BCUT2D eigenvalue weighted by molar-refractivity contribution is 7.85. The van der Waals surface area contributed by atoms with E-state index in [0.717, 1.165) is 19.4 Å². The van der Waals surface area contributed by atoms with E-state index >= 15 is 0 Å². The highest BCUT2D eigenvalue weighted by Gasteiger charge is 2.14. The van der Waals surface area contributed by atoms with Gasteiger partial charge in [-0.3, -0.25) is 9.00 Å². The van der Waals surface area contributed by atoms with Crippen LogP contribution in [0.15, 0.2) is 40.8 Å². The first-order valence-electron chi connectivity index (χ1n) is 7.23. The second-order valence-electron chi connectivity index (χ2n) is 4.82. The van der Waals surface area contributed by atoms with Crippen LogP contribution in [-0.4, -0.2) is 35.6 Å². The molecule has 0 saturated carbocycles. The Balaban J connectivity index is 1.94. The molecule has 1 heterocycles. The van der Waals surface area contributed by atoms with Crippen molar-refractivity contribution in [2.24, 2.45) is 0 Å². The number of rotatable bonds is 6. The second kappa shape index (κ2) is 8.10. The van der Waals surface area contributed by atoms with E-state index in [9.17, 15) is 9.00 Å². The van der Waals surface area contributed by atoms with Gasteiger partial charge in [-0.1, -0.05) is 30.7 Å². The quantitative estimate of drug-likeness (QED) is 0.820. The summed E-state index contributed by atoms with van der Waals surface area (Å²) in [5, 5.41) is 2.91. The molecule has 1 atom stereocenters. The summed E-state index contributed by atoms with van der Waals surface area (Å²) in [6.07, 6.45) is 3.86. The molecule has 1 amide bonds. The lowest BCUT2D eigenvalue weighted by atomic mass is 10.1. The maximum atomic E-state index is 12.2. The molecule has 0 aliphatic carbocycles. The Morgan fingerprint density at radius 2 is 2.19 bits per heavy atom. The van der Waals surface area contributed by atoms with Crippen molar-refractivity contribution in [3.63, 3.8) is 0 Å². The Bertz CT molecular complexity index is 554. The number of benzene rings is 1. The standard InChI is InChI=1S/C16H21NO3S/c1-2-21(19)15-6-4-3-5-14(15)16(18)17-10-7-13-8-11-20-12-9-13/h3-6,8H,2,7,9-12H2,1H3,(H,17,18). The molecule has 21 heavy (non-hydrogen) atoms. The summed E-state index contributed by atoms with van der Waals surface area (Å²) < 4.78 is 17.2. The monoisotopic (exact) mass is 307 g/mol. The molecule has 0 bridgehead atoms. The van der Waals surface area contributed by atoms with Crippen molar-refractivity contribution in [2.75, 3.05) is 25.5 Å². The minimum atomic E-state index is -1.12. The lowest BCUT2D eigenvalue weighted by molar-refractivity contribution is 0.0950. The molecule has 0 radical (unpaired) electrons. The van der Waals surface area contributed by atoms with E-state index in [2.05, 4.69) is 11.4 Å². The van der Waals surface area contributed by atoms with Crippen LogP contribution in [0.1, 0.15) is 30.1 Å². The molecule has 1 unspecified atom stereocenters. The van der Waals surface area contributed by atoms with E-state index in [4.69, 9.17) is 4.74 Å². The number of nitrogens with one attached hydrogen (secondary N) is 1. The van der Waals surface area contributed by atoms with Crippen molar-refractivity contribution in [2.45, 2.75) is 24.7 Å². The number of amides is 1. The summed E-state index contributed by atoms with van der Waals surface area (Å²) in [7, 11) is -1.12. The van der Waals surface area contributed by atoms with Crippen molar-refractivity contribution >= 4 is 16.7 Å². The Morgan fingerprint density at radius 1 is 1.38 bits per heavy atom. The van der Waals surface area contributed by atoms with Crippen molar-refractivity contribution in [3.8, 4) is 0 Å². The van der Waals surface area contributed by atoms with Crippen LogP contribution >= 0.6 is 0 Å². The predicted molar refractivity (Wildman–Crippen MR) is 83.9 cm³/mol. The molecule has 0 spiro atoms. The normalized spacial score (nSPS) is 16.1. The molecule has 0 saturated heterocycles. The minimum absolute atomic E-state index is 0.153. The predicted octanol–water partition coefficient (Wildman–Crippen LogP) is 2.28. The third-order valence-corrected chi connectivity index (χ3v) is 4.80. The van der Waals surface area contributed by atoms with Crippen LogP contribution in [0, 0.1) is 0 Å². The number of carbonyl (C=O) groups is 1. The van der Waals surface area contributed by atoms with Crippen molar-refractivity contribution in [1.29, 1.82) is 0 Å². The summed E-state index contributed by atoms with van der Waals surface area (Å²) in [5.74, 6) is 0.358. The lowest BCUT2D eigenvalue weighted by Crippen LogP contribution is -2.26. The topological polar surface area (TPSA) is 55.4 Å². The molecule has 0 aromatic heterocycles. The van der Waals surface area contributed by atoms with Gasteiger partial charge < -0.3 is 10.1 Å². The molecular weight excluding hydrogens is 286 g/mol. The van der Waals surface area contributed by atoms with Crippen LogP contribution < -0.4 is 5.32 Å². The van der Waals surface area contributed by atoms with E-state index < -0.39 is 10.8 Å². The molecule has 114 valence electrons. The van der Waals surface area contributed by atoms with Gasteiger partial charge in [0.05, 0.1) is 34.5 Å². The fourth-order valence-electron chi connectivity index (χ4n) is 2.23. The summed E-state index contributed by atoms with van der Waals surface area (Å²) >= 11 is 0. The van der Waals surface area contributed by atoms with Crippen LogP contribution in [0.2, 0.25) is 0 Å². The largest absolute Gasteiger partial charge is 0.377 e. The van der Waals surface area contributed by atoms with Gasteiger partial charge in [0.25, 0.3) is 5.91 Å². The summed E-state index contributed by atoms with van der Waals surface area (Å²) in [6, 6.07) is 7.10. The van der Waals surface area contributed by atoms with Gasteiger partial charge in [-0.25, -0.2) is 0 Å². The van der Waals surface area contributed by atoms with Crippen LogP contribution in [0.3, 0.4) is 0 Å². The van der Waals surface area contributed by atoms with Gasteiger partial charge >= 0.3 is 0 Å². The molecule has 1 aliphatic heterocycles. The molecule has 1 N–H and O–H groups in total. The van der Waals surface area contributed by atoms with Crippen LogP contribution in [0.25, 0.3) is 0 Å². The number of carbonyl (C=O) groups excluding carboxylic acids is 1. The van der Waals surface area contributed by atoms with E-state index in [-0.39, 0.29) is 5.91 Å². The Labute approximate surface area is 128 Å². The SMILES string of the molecule is CCS(=O)c1ccccc1C(=O)NCCC1=CCOCC1. The zero-order chi connectivity index (χ0) is 15.1. The molecular formula is C16H21NO3S. The van der Waals surface area contributed by atoms with Gasteiger partial charge in [0, 0.05) is 12.3 Å². The Morgan fingerprint density at radius 3 is 2.90 bits per heavy atom. The summed E-state index contributed by atoms with van der Waals surface area (Å²) in [5.41, 5.74) is 1.84. The molecule has 1 aromatic rings. The zero-order valence-corrected chi connectivity index (χ0v) is 13.1. The second-order valence-corrected chi connectivity index (χ2v) is 6.53. The molecule has 5 heteroatoms. The number of hydrogen-bond acceptors (Lipinski definition) is 3. The van der Waals surface area contributed by atoms with E-state index in [0.29, 0.717) is 29.4 Å². The molecule has 2 rings (SSSR count). The van der Waals surface area contributed by atoms with E-state index in [1.165, 1.54) is 5.57 Å². The molecule has 4 nitrogen and oxygen atoms in total. The Kier molecular flexibility index (Phi) is 6.14. The average molecular weight is 307 g/mol. The highest BCUT2D eigenvalue weighted by Crippen LogP contribution is 2.14. The molecule has 1 aliphatic rings. The number of ether oxygens (including phenoxy) is 1. The average Bonchev–Trinajstić information content (AvgIpc) is 2.55.